The van der Waals surface area contributed by atoms with Gasteiger partial charge in [0.15, 0.2) is 5.16 Å². The van der Waals surface area contributed by atoms with Crippen LogP contribution in [0.4, 0.5) is 0 Å². The molecule has 2 aromatic carbocycles. The van der Waals surface area contributed by atoms with Crippen LogP contribution in [-0.4, -0.2) is 34.4 Å². The molecule has 4 rings (SSSR count). The van der Waals surface area contributed by atoms with Crippen LogP contribution in [0.15, 0.2) is 64.5 Å². The number of fused-ring (bicyclic) bond motifs is 1. The van der Waals surface area contributed by atoms with Gasteiger partial charge in [-0.25, -0.2) is 4.98 Å². The maximum atomic E-state index is 12.8. The summed E-state index contributed by atoms with van der Waals surface area (Å²) in [5, 5.41) is 0.511. The van der Waals surface area contributed by atoms with Crippen LogP contribution in [0.1, 0.15) is 22.4 Å². The van der Waals surface area contributed by atoms with Gasteiger partial charge in [-0.15, -0.1) is 0 Å². The van der Waals surface area contributed by atoms with Crippen LogP contribution in [0.3, 0.4) is 0 Å². The number of rotatable bonds is 6. The van der Waals surface area contributed by atoms with Gasteiger partial charge in [0.05, 0.1) is 19.2 Å². The SMILES string of the molecule is COc1cccc(CSc2nc(CC(=O)N3CCc4ccccc4C3)cc(=O)[nH]2)c1. The predicted octanol–water partition coefficient (Wildman–Crippen LogP) is 3.20. The Bertz CT molecular complexity index is 1110. The fourth-order valence-electron chi connectivity index (χ4n) is 3.53. The third kappa shape index (κ3) is 4.91. The minimum Gasteiger partial charge on any atom is -0.497 e. The van der Waals surface area contributed by atoms with E-state index in [1.54, 1.807) is 7.11 Å². The van der Waals surface area contributed by atoms with Crippen LogP contribution in [-0.2, 0) is 29.9 Å². The molecule has 7 heteroatoms. The number of amides is 1. The van der Waals surface area contributed by atoms with Crippen LogP contribution in [0.2, 0.25) is 0 Å². The summed E-state index contributed by atoms with van der Waals surface area (Å²) in [6.45, 7) is 1.30. The van der Waals surface area contributed by atoms with Crippen LogP contribution in [0, 0.1) is 0 Å². The Morgan fingerprint density at radius 3 is 2.83 bits per heavy atom. The lowest BCUT2D eigenvalue weighted by Gasteiger charge is -2.28. The fraction of sp³-hybridized carbons (Fsp3) is 0.261. The normalized spacial score (nSPS) is 13.0. The van der Waals surface area contributed by atoms with Gasteiger partial charge in [0, 0.05) is 24.9 Å². The number of hydrogen-bond donors (Lipinski definition) is 1. The third-order valence-corrected chi connectivity index (χ3v) is 6.04. The second kappa shape index (κ2) is 9.17. The first-order valence-corrected chi connectivity index (χ1v) is 10.8. The highest BCUT2D eigenvalue weighted by Crippen LogP contribution is 2.22. The first kappa shape index (κ1) is 20.2. The number of nitrogens with zero attached hydrogens (tertiary/aromatic N) is 2. The van der Waals surface area contributed by atoms with Crippen molar-refractivity contribution < 1.29 is 9.53 Å². The van der Waals surface area contributed by atoms with Gasteiger partial charge in [-0.05, 0) is 35.2 Å². The Labute approximate surface area is 179 Å². The molecule has 1 aliphatic rings. The summed E-state index contributed by atoms with van der Waals surface area (Å²) in [6.07, 6.45) is 0.977. The molecule has 1 amide bonds. The van der Waals surface area contributed by atoms with Crippen LogP contribution in [0.5, 0.6) is 5.75 Å². The number of carbonyl (C=O) groups is 1. The fourth-order valence-corrected chi connectivity index (χ4v) is 4.37. The molecule has 1 aliphatic heterocycles. The van der Waals surface area contributed by atoms with Gasteiger partial charge in [-0.1, -0.05) is 48.2 Å². The molecule has 2 heterocycles. The molecule has 154 valence electrons. The molecule has 0 radical (unpaired) electrons. The highest BCUT2D eigenvalue weighted by atomic mass is 32.2. The average molecular weight is 422 g/mol. The van der Waals surface area contributed by atoms with Crippen molar-refractivity contribution in [1.29, 1.82) is 0 Å². The second-order valence-corrected chi connectivity index (χ2v) is 8.16. The highest BCUT2D eigenvalue weighted by molar-refractivity contribution is 7.98. The van der Waals surface area contributed by atoms with Crippen LogP contribution in [0.25, 0.3) is 0 Å². The van der Waals surface area contributed by atoms with Crippen molar-refractivity contribution in [3.63, 3.8) is 0 Å². The number of benzene rings is 2. The van der Waals surface area contributed by atoms with Crippen LogP contribution < -0.4 is 10.3 Å². The smallest absolute Gasteiger partial charge is 0.251 e. The number of hydrogen-bond acceptors (Lipinski definition) is 5. The number of thioether (sulfide) groups is 1. The summed E-state index contributed by atoms with van der Waals surface area (Å²) in [5.41, 5.74) is 3.80. The van der Waals surface area contributed by atoms with Crippen molar-refractivity contribution in [3.05, 3.63) is 87.3 Å². The van der Waals surface area contributed by atoms with Gasteiger partial charge in [0.2, 0.25) is 5.91 Å². The molecule has 0 saturated carbocycles. The lowest BCUT2D eigenvalue weighted by atomic mass is 9.99. The zero-order chi connectivity index (χ0) is 20.9. The standard InChI is InChI=1S/C23H23N3O3S/c1-29-20-8-4-5-16(11-20)15-30-23-24-19(12-21(27)25-23)13-22(28)26-10-9-17-6-2-3-7-18(17)14-26/h2-8,11-12H,9-10,13-15H2,1H3,(H,24,25,27). The monoisotopic (exact) mass is 421 g/mol. The van der Waals surface area contributed by atoms with E-state index in [0.29, 0.717) is 29.7 Å². The number of H-pyrrole nitrogens is 1. The number of aromatic amines is 1. The van der Waals surface area contributed by atoms with E-state index >= 15 is 0 Å². The summed E-state index contributed by atoms with van der Waals surface area (Å²) in [6, 6.07) is 17.4. The summed E-state index contributed by atoms with van der Waals surface area (Å²) < 4.78 is 5.24. The van der Waals surface area contributed by atoms with Crippen molar-refractivity contribution >= 4 is 17.7 Å². The lowest BCUT2D eigenvalue weighted by molar-refractivity contribution is -0.131. The molecule has 0 aliphatic carbocycles. The minimum atomic E-state index is -0.245. The Hall–Kier alpha value is -3.06. The van der Waals surface area contributed by atoms with Crippen molar-refractivity contribution in [2.24, 2.45) is 0 Å². The van der Waals surface area contributed by atoms with E-state index in [1.807, 2.05) is 41.3 Å². The molecule has 6 nitrogen and oxygen atoms in total. The number of ether oxygens (including phenoxy) is 1. The van der Waals surface area contributed by atoms with Crippen molar-refractivity contribution in [1.82, 2.24) is 14.9 Å². The Balaban J connectivity index is 1.42. The molecular weight excluding hydrogens is 398 g/mol. The quantitative estimate of drug-likeness (QED) is 0.489. The average Bonchev–Trinajstić information content (AvgIpc) is 2.77. The molecule has 0 fully saturated rings. The highest BCUT2D eigenvalue weighted by Gasteiger charge is 2.21. The molecule has 3 aromatic rings. The first-order valence-electron chi connectivity index (χ1n) is 9.81. The predicted molar refractivity (Wildman–Crippen MR) is 117 cm³/mol. The number of carbonyl (C=O) groups excluding carboxylic acids is 1. The first-order chi connectivity index (χ1) is 14.6. The van der Waals surface area contributed by atoms with E-state index in [2.05, 4.69) is 22.1 Å². The number of nitrogens with one attached hydrogen (secondary N) is 1. The Kier molecular flexibility index (Phi) is 6.18. The van der Waals surface area contributed by atoms with Crippen LogP contribution >= 0.6 is 11.8 Å². The Morgan fingerprint density at radius 1 is 1.17 bits per heavy atom. The van der Waals surface area contributed by atoms with E-state index in [-0.39, 0.29) is 17.9 Å². The molecule has 1 N–H and O–H groups in total. The molecule has 0 atom stereocenters. The zero-order valence-electron chi connectivity index (χ0n) is 16.8. The Morgan fingerprint density at radius 2 is 2.00 bits per heavy atom. The number of methoxy groups -OCH3 is 1. The molecule has 1 aromatic heterocycles. The summed E-state index contributed by atoms with van der Waals surface area (Å²) >= 11 is 1.43. The minimum absolute atomic E-state index is 0.00801. The number of aromatic nitrogens is 2. The lowest BCUT2D eigenvalue weighted by Crippen LogP contribution is -2.37. The third-order valence-electron chi connectivity index (χ3n) is 5.10. The zero-order valence-corrected chi connectivity index (χ0v) is 17.6. The van der Waals surface area contributed by atoms with Gasteiger partial charge >= 0.3 is 0 Å². The largest absolute Gasteiger partial charge is 0.497 e. The molecular formula is C23H23N3O3S. The van der Waals surface area contributed by atoms with E-state index in [0.717, 1.165) is 17.7 Å². The van der Waals surface area contributed by atoms with E-state index in [9.17, 15) is 9.59 Å². The van der Waals surface area contributed by atoms with Gasteiger partial charge < -0.3 is 14.6 Å². The maximum absolute atomic E-state index is 12.8. The second-order valence-electron chi connectivity index (χ2n) is 7.19. The molecule has 0 unspecified atom stereocenters. The summed E-state index contributed by atoms with van der Waals surface area (Å²) in [7, 11) is 1.63. The van der Waals surface area contributed by atoms with Crippen molar-refractivity contribution in [2.45, 2.75) is 30.3 Å². The summed E-state index contributed by atoms with van der Waals surface area (Å²) in [4.78, 5) is 34.0. The van der Waals surface area contributed by atoms with Crippen molar-refractivity contribution in [2.75, 3.05) is 13.7 Å². The van der Waals surface area contributed by atoms with E-state index in [4.69, 9.17) is 4.74 Å². The molecule has 0 bridgehead atoms. The van der Waals surface area contributed by atoms with Gasteiger partial charge in [-0.3, -0.25) is 9.59 Å². The topological polar surface area (TPSA) is 75.3 Å². The summed E-state index contributed by atoms with van der Waals surface area (Å²) in [5.74, 6) is 1.42. The van der Waals surface area contributed by atoms with E-state index < -0.39 is 0 Å². The van der Waals surface area contributed by atoms with Gasteiger partial charge in [0.25, 0.3) is 5.56 Å². The van der Waals surface area contributed by atoms with Gasteiger partial charge in [-0.2, -0.15) is 0 Å². The maximum Gasteiger partial charge on any atom is 0.251 e. The molecule has 0 saturated heterocycles. The molecule has 30 heavy (non-hydrogen) atoms. The molecule has 0 spiro atoms. The van der Waals surface area contributed by atoms with Gasteiger partial charge in [0.1, 0.15) is 5.75 Å². The van der Waals surface area contributed by atoms with E-state index in [1.165, 1.54) is 29.0 Å². The van der Waals surface area contributed by atoms with Crippen molar-refractivity contribution in [3.8, 4) is 5.75 Å².